The summed E-state index contributed by atoms with van der Waals surface area (Å²) in [4.78, 5) is 18.2. The Morgan fingerprint density at radius 1 is 0.833 bits per heavy atom. The minimum Gasteiger partial charge on any atom is -0.338 e. The van der Waals surface area contributed by atoms with Crippen molar-refractivity contribution in [2.75, 3.05) is 32.7 Å². The van der Waals surface area contributed by atoms with Crippen LogP contribution in [0.15, 0.2) is 0 Å². The van der Waals surface area contributed by atoms with E-state index >= 15 is 0 Å². The van der Waals surface area contributed by atoms with E-state index in [1.165, 1.54) is 0 Å². The van der Waals surface area contributed by atoms with Crippen molar-refractivity contribution in [2.45, 2.75) is 88.6 Å². The van der Waals surface area contributed by atoms with Crippen molar-refractivity contribution in [2.24, 2.45) is 35.5 Å². The van der Waals surface area contributed by atoms with Crippen molar-refractivity contribution < 1.29 is 31.1 Å². The van der Waals surface area contributed by atoms with Crippen LogP contribution >= 0.6 is 0 Å². The quantitative estimate of drug-likeness (QED) is 0.513. The summed E-state index contributed by atoms with van der Waals surface area (Å²) in [7, 11) is 0. The van der Waals surface area contributed by atoms with Crippen molar-refractivity contribution in [3.05, 3.63) is 0 Å². The lowest BCUT2D eigenvalue weighted by Gasteiger charge is -2.58. The Morgan fingerprint density at radius 3 is 2.06 bits per heavy atom. The molecule has 5 rings (SSSR count). The highest BCUT2D eigenvalue weighted by atomic mass is 19.4. The van der Waals surface area contributed by atoms with Gasteiger partial charge in [0.15, 0.2) is 0 Å². The monoisotopic (exact) mass is 523 g/mol. The van der Waals surface area contributed by atoms with Gasteiger partial charge in [0.2, 0.25) is 5.91 Å². The molecule has 7 unspecified atom stereocenters. The number of likely N-dealkylation sites (tertiary alicyclic amines) is 1. The van der Waals surface area contributed by atoms with Gasteiger partial charge in [-0.3, -0.25) is 9.69 Å². The van der Waals surface area contributed by atoms with E-state index in [0.717, 1.165) is 64.7 Å². The molecule has 7 atom stereocenters. The molecule has 36 heavy (non-hydrogen) atoms. The molecule has 2 aliphatic heterocycles. The lowest BCUT2D eigenvalue weighted by atomic mass is 9.58. The predicted molar refractivity (Wildman–Crippen MR) is 123 cm³/mol. The highest BCUT2D eigenvalue weighted by Crippen LogP contribution is 2.52. The van der Waals surface area contributed by atoms with Gasteiger partial charge in [-0.25, -0.2) is 0 Å². The van der Waals surface area contributed by atoms with Gasteiger partial charge in [0.25, 0.3) is 0 Å². The van der Waals surface area contributed by atoms with E-state index in [0.29, 0.717) is 17.8 Å². The number of hydrogen-bond acceptors (Lipinski definition) is 3. The molecule has 2 saturated heterocycles. The second kappa shape index (κ2) is 10.3. The molecule has 5 fully saturated rings. The number of nitrogens with zero attached hydrogens (tertiary/aromatic N) is 2. The normalized spacial score (nSPS) is 40.7. The Bertz CT molecular complexity index is 759. The summed E-state index contributed by atoms with van der Waals surface area (Å²) in [6.45, 7) is 3.53. The zero-order valence-corrected chi connectivity index (χ0v) is 20.8. The smallest absolute Gasteiger partial charge is 0.338 e. The molecule has 0 bridgehead atoms. The largest absolute Gasteiger partial charge is 0.391 e. The molecule has 2 heterocycles. The van der Waals surface area contributed by atoms with E-state index in [9.17, 15) is 31.1 Å². The third-order valence-electron chi connectivity index (χ3n) is 10.1. The van der Waals surface area contributed by atoms with Crippen LogP contribution in [0.25, 0.3) is 0 Å². The van der Waals surface area contributed by atoms with E-state index in [-0.39, 0.29) is 43.8 Å². The molecule has 4 nitrogen and oxygen atoms in total. The van der Waals surface area contributed by atoms with Crippen molar-refractivity contribution in [1.82, 2.24) is 15.1 Å². The summed E-state index contributed by atoms with van der Waals surface area (Å²) in [5.74, 6) is -3.16. The number of carbonyl (C=O) groups is 1. The highest BCUT2D eigenvalue weighted by Gasteiger charge is 2.55. The van der Waals surface area contributed by atoms with Crippen molar-refractivity contribution in [1.29, 1.82) is 0 Å². The first-order chi connectivity index (χ1) is 17.0. The number of nitrogens with one attached hydrogen (secondary N) is 1. The van der Waals surface area contributed by atoms with Gasteiger partial charge in [-0.2, -0.15) is 26.3 Å². The van der Waals surface area contributed by atoms with E-state index in [1.54, 1.807) is 0 Å². The van der Waals surface area contributed by atoms with Crippen LogP contribution in [0.3, 0.4) is 0 Å². The maximum absolute atomic E-state index is 14.0. The third-order valence-corrected chi connectivity index (χ3v) is 10.1. The molecule has 1 amide bonds. The molecule has 0 spiro atoms. The second-order valence-electron chi connectivity index (χ2n) is 12.0. The van der Waals surface area contributed by atoms with Gasteiger partial charge in [0.1, 0.15) is 0 Å². The first kappa shape index (κ1) is 26.6. The van der Waals surface area contributed by atoms with Crippen molar-refractivity contribution in [3.8, 4) is 0 Å². The molecule has 10 heteroatoms. The Morgan fingerprint density at radius 2 is 1.44 bits per heavy atom. The fourth-order valence-electron chi connectivity index (χ4n) is 8.51. The SMILES string of the molecule is O=C1C(N2CCNCC2)C2CCCC3CCCC(C32)N1CCC1CC(C(F)(F)F)CC(C(F)(F)F)C1. The summed E-state index contributed by atoms with van der Waals surface area (Å²) in [6, 6.07) is -0.118. The first-order valence-electron chi connectivity index (χ1n) is 13.9. The fraction of sp³-hybridized carbons (Fsp3) is 0.962. The minimum atomic E-state index is -4.62. The van der Waals surface area contributed by atoms with Crippen LogP contribution in [0.1, 0.15) is 64.2 Å². The molecule has 3 aliphatic carbocycles. The zero-order chi connectivity index (χ0) is 25.7. The lowest BCUT2D eigenvalue weighted by Crippen LogP contribution is -2.68. The Balaban J connectivity index is 1.35. The fourth-order valence-corrected chi connectivity index (χ4v) is 8.51. The van der Waals surface area contributed by atoms with Gasteiger partial charge < -0.3 is 10.2 Å². The third kappa shape index (κ3) is 5.27. The topological polar surface area (TPSA) is 35.6 Å². The van der Waals surface area contributed by atoms with Crippen molar-refractivity contribution in [3.63, 3.8) is 0 Å². The van der Waals surface area contributed by atoms with E-state index < -0.39 is 36.5 Å². The summed E-state index contributed by atoms with van der Waals surface area (Å²) < 4.78 is 81.0. The van der Waals surface area contributed by atoms with Gasteiger partial charge in [-0.1, -0.05) is 25.7 Å². The number of alkyl halides is 6. The van der Waals surface area contributed by atoms with E-state index in [4.69, 9.17) is 0 Å². The summed E-state index contributed by atoms with van der Waals surface area (Å²) in [5, 5.41) is 3.34. The molecular formula is C26H39F6N3O. The number of piperidine rings is 1. The Labute approximate surface area is 209 Å². The maximum Gasteiger partial charge on any atom is 0.391 e. The van der Waals surface area contributed by atoms with Crippen LogP contribution in [-0.2, 0) is 4.79 Å². The Hall–Kier alpha value is -1.03. The molecule has 0 aromatic rings. The van der Waals surface area contributed by atoms with Crippen LogP contribution < -0.4 is 5.32 Å². The van der Waals surface area contributed by atoms with E-state index in [2.05, 4.69) is 10.2 Å². The highest BCUT2D eigenvalue weighted by molar-refractivity contribution is 5.84. The Kier molecular flexibility index (Phi) is 7.58. The molecule has 0 radical (unpaired) electrons. The molecule has 5 aliphatic rings. The van der Waals surface area contributed by atoms with E-state index in [1.807, 2.05) is 4.90 Å². The average molecular weight is 524 g/mol. The summed E-state index contributed by atoms with van der Waals surface area (Å²) >= 11 is 0. The minimum absolute atomic E-state index is 0.0706. The van der Waals surface area contributed by atoms with Gasteiger partial charge >= 0.3 is 12.4 Å². The van der Waals surface area contributed by atoms with Gasteiger partial charge in [-0.05, 0) is 62.2 Å². The van der Waals surface area contributed by atoms with Gasteiger partial charge in [0, 0.05) is 38.8 Å². The second-order valence-corrected chi connectivity index (χ2v) is 12.0. The lowest BCUT2D eigenvalue weighted by molar-refractivity contribution is -0.229. The molecular weight excluding hydrogens is 484 g/mol. The number of halogens is 6. The molecule has 206 valence electrons. The number of rotatable bonds is 4. The van der Waals surface area contributed by atoms with Crippen LogP contribution in [0.4, 0.5) is 26.3 Å². The molecule has 0 aromatic heterocycles. The number of carbonyl (C=O) groups excluding carboxylic acids is 1. The van der Waals surface area contributed by atoms with Crippen LogP contribution in [0.2, 0.25) is 0 Å². The molecule has 1 N–H and O–H groups in total. The van der Waals surface area contributed by atoms with Crippen LogP contribution in [0.5, 0.6) is 0 Å². The summed E-state index contributed by atoms with van der Waals surface area (Å²) in [6.07, 6.45) is -3.99. The molecule has 3 saturated carbocycles. The van der Waals surface area contributed by atoms with Gasteiger partial charge in [-0.15, -0.1) is 0 Å². The summed E-state index contributed by atoms with van der Waals surface area (Å²) in [5.41, 5.74) is 0. The van der Waals surface area contributed by atoms with Crippen molar-refractivity contribution >= 4 is 5.91 Å². The van der Waals surface area contributed by atoms with Crippen LogP contribution in [-0.4, -0.2) is 72.9 Å². The predicted octanol–water partition coefficient (Wildman–Crippen LogP) is 5.23. The number of piperazine rings is 1. The first-order valence-corrected chi connectivity index (χ1v) is 13.9. The average Bonchev–Trinajstić information content (AvgIpc) is 2.83. The molecule has 0 aromatic carbocycles. The number of amides is 1. The number of hydrogen-bond donors (Lipinski definition) is 1. The maximum atomic E-state index is 14.0. The zero-order valence-electron chi connectivity index (χ0n) is 20.8. The van der Waals surface area contributed by atoms with Gasteiger partial charge in [0.05, 0.1) is 17.9 Å². The van der Waals surface area contributed by atoms with Crippen LogP contribution in [0, 0.1) is 35.5 Å². The standard InChI is InChI=1S/C26H39F6N3O/c27-25(28,29)18-13-16(14-19(15-18)26(30,31)32)7-10-35-21-6-2-4-17-3-1-5-20(22(17)21)23(24(35)36)34-11-8-33-9-12-34/h16-23,33H,1-15H2.